The van der Waals surface area contributed by atoms with Crippen molar-refractivity contribution in [2.24, 2.45) is 5.92 Å². The standard InChI is InChI=1S/C31H46O7/c1-4-7-8-9-10-11-12-13-29(30(38-33)24-25-14-16-26(17-15-25)34-5-2)31(32)37-23-22-36-28-20-18-27(19-21-28)35-6-3/h14-21,29-30,33H,4-13,22-24H2,1-3H3. The molecule has 0 aliphatic heterocycles. The van der Waals surface area contributed by atoms with Crippen LogP contribution in [0.25, 0.3) is 0 Å². The summed E-state index contributed by atoms with van der Waals surface area (Å²) >= 11 is 0. The molecule has 0 heterocycles. The number of esters is 1. The van der Waals surface area contributed by atoms with Crippen molar-refractivity contribution in [3.8, 4) is 17.2 Å². The highest BCUT2D eigenvalue weighted by Crippen LogP contribution is 2.24. The van der Waals surface area contributed by atoms with Crippen molar-refractivity contribution in [3.63, 3.8) is 0 Å². The fraction of sp³-hybridized carbons (Fsp3) is 0.581. The van der Waals surface area contributed by atoms with Gasteiger partial charge in [0, 0.05) is 6.42 Å². The second-order valence-corrected chi connectivity index (χ2v) is 9.36. The number of carbonyl (C=O) groups is 1. The van der Waals surface area contributed by atoms with Crippen LogP contribution in [0.4, 0.5) is 0 Å². The molecule has 7 nitrogen and oxygen atoms in total. The van der Waals surface area contributed by atoms with E-state index in [0.29, 0.717) is 31.8 Å². The lowest BCUT2D eigenvalue weighted by atomic mass is 9.91. The minimum atomic E-state index is -0.701. The van der Waals surface area contributed by atoms with Crippen LogP contribution in [0.3, 0.4) is 0 Å². The number of carbonyl (C=O) groups excluding carboxylic acids is 1. The topological polar surface area (TPSA) is 83.5 Å². The number of ether oxygens (including phenoxy) is 4. The Morgan fingerprint density at radius 1 is 0.711 bits per heavy atom. The van der Waals surface area contributed by atoms with Gasteiger partial charge in [-0.15, -0.1) is 0 Å². The molecule has 0 saturated carbocycles. The molecule has 2 atom stereocenters. The monoisotopic (exact) mass is 530 g/mol. The maximum absolute atomic E-state index is 13.1. The van der Waals surface area contributed by atoms with Gasteiger partial charge in [-0.25, -0.2) is 4.89 Å². The zero-order valence-electron chi connectivity index (χ0n) is 23.4. The molecule has 0 radical (unpaired) electrons. The first-order valence-electron chi connectivity index (χ1n) is 14.1. The Kier molecular flexibility index (Phi) is 16.0. The summed E-state index contributed by atoms with van der Waals surface area (Å²) < 4.78 is 22.2. The third kappa shape index (κ3) is 12.2. The van der Waals surface area contributed by atoms with E-state index in [4.69, 9.17) is 23.8 Å². The molecular formula is C31H46O7. The van der Waals surface area contributed by atoms with E-state index in [9.17, 15) is 10.1 Å². The van der Waals surface area contributed by atoms with Crippen LogP contribution < -0.4 is 14.2 Å². The highest BCUT2D eigenvalue weighted by Gasteiger charge is 2.31. The second-order valence-electron chi connectivity index (χ2n) is 9.36. The van der Waals surface area contributed by atoms with E-state index in [1.165, 1.54) is 25.7 Å². The first-order chi connectivity index (χ1) is 18.6. The summed E-state index contributed by atoms with van der Waals surface area (Å²) in [6, 6.07) is 14.9. The van der Waals surface area contributed by atoms with Gasteiger partial charge in [0.1, 0.15) is 36.6 Å². The molecular weight excluding hydrogens is 484 g/mol. The van der Waals surface area contributed by atoms with E-state index >= 15 is 0 Å². The SMILES string of the molecule is CCCCCCCCCC(C(=O)OCCOc1ccc(OCC)cc1)C(Cc1ccc(OCC)cc1)OO. The van der Waals surface area contributed by atoms with E-state index in [-0.39, 0.29) is 19.2 Å². The molecule has 0 aliphatic carbocycles. The lowest BCUT2D eigenvalue weighted by Gasteiger charge is -2.23. The molecule has 0 amide bonds. The van der Waals surface area contributed by atoms with Crippen LogP contribution in [-0.2, 0) is 20.8 Å². The van der Waals surface area contributed by atoms with Crippen LogP contribution in [0.2, 0.25) is 0 Å². The molecule has 0 saturated heterocycles. The number of unbranched alkanes of at least 4 members (excludes halogenated alkanes) is 6. The molecule has 2 aromatic carbocycles. The fourth-order valence-electron chi connectivity index (χ4n) is 4.36. The summed E-state index contributed by atoms with van der Waals surface area (Å²) in [5, 5.41) is 9.76. The summed E-state index contributed by atoms with van der Waals surface area (Å²) in [6.07, 6.45) is 8.26. The molecule has 7 heteroatoms. The average Bonchev–Trinajstić information content (AvgIpc) is 2.93. The Labute approximate surface area is 228 Å². The molecule has 0 fully saturated rings. The van der Waals surface area contributed by atoms with Crippen molar-refractivity contribution in [1.29, 1.82) is 0 Å². The maximum atomic E-state index is 13.1. The van der Waals surface area contributed by atoms with Crippen LogP contribution in [0.1, 0.15) is 77.7 Å². The van der Waals surface area contributed by atoms with Crippen molar-refractivity contribution in [3.05, 3.63) is 54.1 Å². The quantitative estimate of drug-likeness (QED) is 0.0787. The molecule has 0 bridgehead atoms. The molecule has 0 aliphatic rings. The van der Waals surface area contributed by atoms with Crippen LogP contribution >= 0.6 is 0 Å². The van der Waals surface area contributed by atoms with E-state index < -0.39 is 12.0 Å². The molecule has 212 valence electrons. The normalized spacial score (nSPS) is 12.5. The summed E-state index contributed by atoms with van der Waals surface area (Å²) in [5.74, 6) is 1.28. The van der Waals surface area contributed by atoms with Crippen LogP contribution in [-0.4, -0.2) is 43.8 Å². The third-order valence-corrected chi connectivity index (χ3v) is 6.41. The van der Waals surface area contributed by atoms with Gasteiger partial charge in [-0.1, -0.05) is 64.0 Å². The number of benzene rings is 2. The van der Waals surface area contributed by atoms with Crippen molar-refractivity contribution in [2.75, 3.05) is 26.4 Å². The molecule has 2 aromatic rings. The lowest BCUT2D eigenvalue weighted by Crippen LogP contribution is -2.34. The molecule has 0 aromatic heterocycles. The van der Waals surface area contributed by atoms with Gasteiger partial charge in [-0.3, -0.25) is 10.1 Å². The van der Waals surface area contributed by atoms with Gasteiger partial charge < -0.3 is 18.9 Å². The minimum Gasteiger partial charge on any atom is -0.494 e. The summed E-state index contributed by atoms with van der Waals surface area (Å²) in [4.78, 5) is 18.0. The largest absolute Gasteiger partial charge is 0.494 e. The minimum absolute atomic E-state index is 0.112. The Morgan fingerprint density at radius 2 is 1.24 bits per heavy atom. The summed E-state index contributed by atoms with van der Waals surface area (Å²) in [7, 11) is 0. The van der Waals surface area contributed by atoms with Crippen molar-refractivity contribution in [1.82, 2.24) is 0 Å². The highest BCUT2D eigenvalue weighted by molar-refractivity contribution is 5.73. The second kappa shape index (κ2) is 19.3. The summed E-state index contributed by atoms with van der Waals surface area (Å²) in [5.41, 5.74) is 0.948. The predicted octanol–water partition coefficient (Wildman–Crippen LogP) is 7.26. The maximum Gasteiger partial charge on any atom is 0.311 e. The molecule has 1 N–H and O–H groups in total. The zero-order valence-corrected chi connectivity index (χ0v) is 23.4. The van der Waals surface area contributed by atoms with E-state index in [0.717, 1.165) is 36.3 Å². The molecule has 2 unspecified atom stereocenters. The van der Waals surface area contributed by atoms with Crippen LogP contribution in [0.15, 0.2) is 48.5 Å². The number of hydrogen-bond acceptors (Lipinski definition) is 7. The van der Waals surface area contributed by atoms with Gasteiger partial charge >= 0.3 is 5.97 Å². The van der Waals surface area contributed by atoms with Crippen LogP contribution in [0.5, 0.6) is 17.2 Å². The zero-order chi connectivity index (χ0) is 27.4. The van der Waals surface area contributed by atoms with Crippen molar-refractivity contribution in [2.45, 2.75) is 84.7 Å². The highest BCUT2D eigenvalue weighted by atomic mass is 17.1. The summed E-state index contributed by atoms with van der Waals surface area (Å²) in [6.45, 7) is 7.62. The number of rotatable bonds is 21. The Morgan fingerprint density at radius 3 is 1.79 bits per heavy atom. The Hall–Kier alpha value is -2.77. The van der Waals surface area contributed by atoms with E-state index in [2.05, 4.69) is 6.92 Å². The fourth-order valence-corrected chi connectivity index (χ4v) is 4.36. The van der Waals surface area contributed by atoms with Gasteiger partial charge in [0.2, 0.25) is 0 Å². The van der Waals surface area contributed by atoms with Gasteiger partial charge in [0.25, 0.3) is 0 Å². The Balaban J connectivity index is 1.91. The lowest BCUT2D eigenvalue weighted by molar-refractivity contribution is -0.290. The van der Waals surface area contributed by atoms with Gasteiger partial charge in [-0.05, 0) is 62.2 Å². The van der Waals surface area contributed by atoms with Gasteiger partial charge in [0.15, 0.2) is 0 Å². The average molecular weight is 531 g/mol. The first kappa shape index (κ1) is 31.4. The molecule has 2 rings (SSSR count). The molecule has 0 spiro atoms. The molecule has 38 heavy (non-hydrogen) atoms. The third-order valence-electron chi connectivity index (χ3n) is 6.41. The number of hydrogen-bond donors (Lipinski definition) is 1. The Bertz CT molecular complexity index is 867. The van der Waals surface area contributed by atoms with Crippen molar-refractivity contribution >= 4 is 5.97 Å². The van der Waals surface area contributed by atoms with Crippen LogP contribution in [0, 0.1) is 5.92 Å². The van der Waals surface area contributed by atoms with Crippen molar-refractivity contribution < 1.29 is 33.9 Å². The van der Waals surface area contributed by atoms with E-state index in [1.54, 1.807) is 0 Å². The first-order valence-corrected chi connectivity index (χ1v) is 14.1. The van der Waals surface area contributed by atoms with Gasteiger partial charge in [-0.2, -0.15) is 0 Å². The van der Waals surface area contributed by atoms with Gasteiger partial charge in [0.05, 0.1) is 19.1 Å². The predicted molar refractivity (Wildman–Crippen MR) is 149 cm³/mol. The van der Waals surface area contributed by atoms with E-state index in [1.807, 2.05) is 62.4 Å². The smallest absolute Gasteiger partial charge is 0.311 e.